The van der Waals surface area contributed by atoms with Crippen LogP contribution in [-0.4, -0.2) is 10.9 Å². The molecule has 2 N–H and O–H groups in total. The summed E-state index contributed by atoms with van der Waals surface area (Å²) in [4.78, 5) is 16.1. The van der Waals surface area contributed by atoms with E-state index in [0.29, 0.717) is 24.8 Å². The van der Waals surface area contributed by atoms with E-state index in [1.807, 2.05) is 74.5 Å². The van der Waals surface area contributed by atoms with Crippen LogP contribution in [0.1, 0.15) is 25.8 Å². The lowest BCUT2D eigenvalue weighted by atomic mass is 10.1. The number of hydrogen-bond donors (Lipinski definition) is 2. The van der Waals surface area contributed by atoms with E-state index in [9.17, 15) is 4.79 Å². The number of amides is 1. The molecule has 3 rings (SSSR count). The van der Waals surface area contributed by atoms with Gasteiger partial charge in [-0.05, 0) is 47.9 Å². The number of ether oxygens (including phenoxy) is 1. The van der Waals surface area contributed by atoms with Crippen LogP contribution in [0.3, 0.4) is 0 Å². The third-order valence-electron chi connectivity index (χ3n) is 4.02. The van der Waals surface area contributed by atoms with Gasteiger partial charge in [0.25, 0.3) is 0 Å². The van der Waals surface area contributed by atoms with Crippen molar-refractivity contribution in [3.8, 4) is 5.75 Å². The number of aromatic nitrogens is 1. The third kappa shape index (κ3) is 6.13. The van der Waals surface area contributed by atoms with Gasteiger partial charge in [-0.25, -0.2) is 4.98 Å². The van der Waals surface area contributed by atoms with Crippen LogP contribution >= 0.6 is 0 Å². The van der Waals surface area contributed by atoms with Gasteiger partial charge in [0.1, 0.15) is 18.2 Å². The van der Waals surface area contributed by atoms with Crippen LogP contribution in [0.2, 0.25) is 0 Å². The maximum absolute atomic E-state index is 11.8. The first-order chi connectivity index (χ1) is 13.6. The minimum Gasteiger partial charge on any atom is -0.489 e. The molecule has 0 fully saturated rings. The van der Waals surface area contributed by atoms with Crippen molar-refractivity contribution in [1.29, 1.82) is 0 Å². The number of benzene rings is 2. The van der Waals surface area contributed by atoms with Crippen LogP contribution in [0.4, 0.5) is 17.2 Å². The number of hydrogen-bond acceptors (Lipinski definition) is 4. The predicted octanol–water partition coefficient (Wildman–Crippen LogP) is 5.39. The van der Waals surface area contributed by atoms with Crippen molar-refractivity contribution < 1.29 is 9.53 Å². The maximum Gasteiger partial charge on any atom is 0.225 e. The van der Waals surface area contributed by atoms with Gasteiger partial charge in [-0.1, -0.05) is 44.2 Å². The fraction of sp³-hybridized carbons (Fsp3) is 0.217. The molecule has 2 aromatic carbocycles. The van der Waals surface area contributed by atoms with E-state index < -0.39 is 0 Å². The fourth-order valence-electron chi connectivity index (χ4n) is 2.65. The first kappa shape index (κ1) is 19.4. The van der Waals surface area contributed by atoms with Crippen LogP contribution in [0.5, 0.6) is 5.75 Å². The van der Waals surface area contributed by atoms with Gasteiger partial charge in [0.05, 0.1) is 11.9 Å². The lowest BCUT2D eigenvalue weighted by molar-refractivity contribution is -0.116. The maximum atomic E-state index is 11.8. The molecule has 0 saturated carbocycles. The second kappa shape index (κ2) is 9.55. The van der Waals surface area contributed by atoms with Crippen LogP contribution in [0.15, 0.2) is 72.9 Å². The molecular weight excluding hydrogens is 350 g/mol. The first-order valence-corrected chi connectivity index (χ1v) is 9.38. The second-order valence-corrected chi connectivity index (χ2v) is 7.00. The predicted molar refractivity (Wildman–Crippen MR) is 113 cm³/mol. The highest BCUT2D eigenvalue weighted by Crippen LogP contribution is 2.21. The Kier molecular flexibility index (Phi) is 6.63. The lowest BCUT2D eigenvalue weighted by Crippen LogP contribution is -2.14. The standard InChI is InChI=1S/C23H25N3O2/c1-17(2)14-23(27)26-22-13-10-20(15-24-22)25-19-8-11-21(12-9-19)28-16-18-6-4-3-5-7-18/h3-13,15,17,25H,14,16H2,1-2H3,(H,24,26,27). The van der Waals surface area contributed by atoms with Crippen LogP contribution in [-0.2, 0) is 11.4 Å². The van der Waals surface area contributed by atoms with E-state index >= 15 is 0 Å². The zero-order valence-electron chi connectivity index (χ0n) is 16.2. The summed E-state index contributed by atoms with van der Waals surface area (Å²) in [6.45, 7) is 4.57. The quantitative estimate of drug-likeness (QED) is 0.554. The minimum atomic E-state index is -0.0192. The zero-order valence-corrected chi connectivity index (χ0v) is 16.2. The largest absolute Gasteiger partial charge is 0.489 e. The van der Waals surface area contributed by atoms with E-state index in [4.69, 9.17) is 4.74 Å². The van der Waals surface area contributed by atoms with Gasteiger partial charge in [0.15, 0.2) is 0 Å². The Morgan fingerprint density at radius 2 is 1.68 bits per heavy atom. The average Bonchev–Trinajstić information content (AvgIpc) is 2.69. The Labute approximate surface area is 165 Å². The zero-order chi connectivity index (χ0) is 19.8. The Balaban J connectivity index is 1.51. The topological polar surface area (TPSA) is 63.2 Å². The van der Waals surface area contributed by atoms with Gasteiger partial charge >= 0.3 is 0 Å². The van der Waals surface area contributed by atoms with Crippen molar-refractivity contribution >= 4 is 23.1 Å². The van der Waals surface area contributed by atoms with Gasteiger partial charge in [0.2, 0.25) is 5.91 Å². The van der Waals surface area contributed by atoms with Gasteiger partial charge in [-0.2, -0.15) is 0 Å². The van der Waals surface area contributed by atoms with Crippen molar-refractivity contribution in [3.05, 3.63) is 78.5 Å². The van der Waals surface area contributed by atoms with Gasteiger partial charge in [0, 0.05) is 12.1 Å². The smallest absolute Gasteiger partial charge is 0.225 e. The Bertz CT molecular complexity index is 876. The molecule has 0 spiro atoms. The Hall–Kier alpha value is -3.34. The van der Waals surface area contributed by atoms with Crippen molar-refractivity contribution in [2.75, 3.05) is 10.6 Å². The molecule has 0 unspecified atom stereocenters. The van der Waals surface area contributed by atoms with Crippen molar-refractivity contribution in [3.63, 3.8) is 0 Å². The molecule has 0 saturated heterocycles. The van der Waals surface area contributed by atoms with Crippen LogP contribution in [0.25, 0.3) is 0 Å². The summed E-state index contributed by atoms with van der Waals surface area (Å²) in [7, 11) is 0. The molecule has 144 valence electrons. The Morgan fingerprint density at radius 3 is 2.32 bits per heavy atom. The number of nitrogens with one attached hydrogen (secondary N) is 2. The summed E-state index contributed by atoms with van der Waals surface area (Å²) >= 11 is 0. The molecule has 0 aliphatic carbocycles. The molecule has 0 atom stereocenters. The number of carbonyl (C=O) groups is 1. The summed E-state index contributed by atoms with van der Waals surface area (Å²) in [5.41, 5.74) is 2.92. The molecule has 0 aliphatic heterocycles. The molecule has 0 bridgehead atoms. The molecule has 0 radical (unpaired) electrons. The molecular formula is C23H25N3O2. The number of pyridine rings is 1. The fourth-order valence-corrected chi connectivity index (χ4v) is 2.65. The summed E-state index contributed by atoms with van der Waals surface area (Å²) in [5.74, 6) is 1.67. The molecule has 3 aromatic rings. The van der Waals surface area contributed by atoms with Gasteiger partial charge in [-0.3, -0.25) is 4.79 Å². The normalized spacial score (nSPS) is 10.5. The second-order valence-electron chi connectivity index (χ2n) is 7.00. The summed E-state index contributed by atoms with van der Waals surface area (Å²) < 4.78 is 5.80. The number of anilines is 3. The molecule has 5 nitrogen and oxygen atoms in total. The monoisotopic (exact) mass is 375 g/mol. The summed E-state index contributed by atoms with van der Waals surface area (Å²) in [5, 5.41) is 6.09. The van der Waals surface area contributed by atoms with Crippen molar-refractivity contribution in [1.82, 2.24) is 4.98 Å². The number of nitrogens with zero attached hydrogens (tertiary/aromatic N) is 1. The lowest BCUT2D eigenvalue weighted by Gasteiger charge is -2.10. The van der Waals surface area contributed by atoms with Crippen molar-refractivity contribution in [2.24, 2.45) is 5.92 Å². The average molecular weight is 375 g/mol. The summed E-state index contributed by atoms with van der Waals surface area (Å²) in [6.07, 6.45) is 2.19. The van der Waals surface area contributed by atoms with Crippen molar-refractivity contribution in [2.45, 2.75) is 26.9 Å². The van der Waals surface area contributed by atoms with E-state index in [2.05, 4.69) is 15.6 Å². The van der Waals surface area contributed by atoms with Gasteiger partial charge < -0.3 is 15.4 Å². The molecule has 0 aliphatic rings. The van der Waals surface area contributed by atoms with E-state index in [1.54, 1.807) is 12.3 Å². The highest BCUT2D eigenvalue weighted by atomic mass is 16.5. The highest BCUT2D eigenvalue weighted by Gasteiger charge is 2.06. The van der Waals surface area contributed by atoms with E-state index in [0.717, 1.165) is 22.7 Å². The molecule has 1 amide bonds. The summed E-state index contributed by atoms with van der Waals surface area (Å²) in [6, 6.07) is 21.5. The van der Waals surface area contributed by atoms with E-state index in [-0.39, 0.29) is 5.91 Å². The Morgan fingerprint density at radius 1 is 0.964 bits per heavy atom. The number of carbonyl (C=O) groups excluding carboxylic acids is 1. The minimum absolute atomic E-state index is 0.0192. The first-order valence-electron chi connectivity index (χ1n) is 9.38. The van der Waals surface area contributed by atoms with E-state index in [1.165, 1.54) is 0 Å². The third-order valence-corrected chi connectivity index (χ3v) is 4.02. The van der Waals surface area contributed by atoms with Crippen LogP contribution in [0, 0.1) is 5.92 Å². The van der Waals surface area contributed by atoms with Crippen LogP contribution < -0.4 is 15.4 Å². The number of rotatable bonds is 8. The highest BCUT2D eigenvalue weighted by molar-refractivity contribution is 5.89. The molecule has 5 heteroatoms. The molecule has 1 aromatic heterocycles. The molecule has 1 heterocycles. The van der Waals surface area contributed by atoms with Gasteiger partial charge in [-0.15, -0.1) is 0 Å². The SMILES string of the molecule is CC(C)CC(=O)Nc1ccc(Nc2ccc(OCc3ccccc3)cc2)cn1. The molecule has 28 heavy (non-hydrogen) atoms.